The topological polar surface area (TPSA) is 20.3 Å². The van der Waals surface area contributed by atoms with Gasteiger partial charge in [-0.15, -0.1) is 0 Å². The second-order valence-electron chi connectivity index (χ2n) is 4.88. The molecule has 1 amide bonds. The molecule has 17 heavy (non-hydrogen) atoms. The van der Waals surface area contributed by atoms with Crippen LogP contribution in [0.4, 0.5) is 0 Å². The molecule has 94 valence electrons. The average Bonchev–Trinajstić information content (AvgIpc) is 3.15. The molecule has 3 aliphatic rings. The van der Waals surface area contributed by atoms with Gasteiger partial charge in [-0.25, -0.2) is 0 Å². The highest BCUT2D eigenvalue weighted by atomic mass is 16.2. The molecule has 2 aliphatic carbocycles. The molecular weight excluding hydrogens is 210 g/mol. The van der Waals surface area contributed by atoms with E-state index in [1.165, 1.54) is 12.1 Å². The van der Waals surface area contributed by atoms with E-state index in [9.17, 15) is 4.79 Å². The highest BCUT2D eigenvalue weighted by Crippen LogP contribution is 2.55. The van der Waals surface area contributed by atoms with Crippen molar-refractivity contribution in [3.63, 3.8) is 0 Å². The summed E-state index contributed by atoms with van der Waals surface area (Å²) in [7, 11) is 1.92. The van der Waals surface area contributed by atoms with Crippen LogP contribution in [0.2, 0.25) is 0 Å². The van der Waals surface area contributed by atoms with Gasteiger partial charge in [0.25, 0.3) is 0 Å². The fourth-order valence-electron chi connectivity index (χ4n) is 3.09. The van der Waals surface area contributed by atoms with Crippen molar-refractivity contribution in [2.75, 3.05) is 7.05 Å². The van der Waals surface area contributed by atoms with E-state index in [-0.39, 0.29) is 5.91 Å². The van der Waals surface area contributed by atoms with E-state index in [1.54, 1.807) is 11.1 Å². The summed E-state index contributed by atoms with van der Waals surface area (Å²) in [5, 5.41) is 0. The Bertz CT molecular complexity index is 392. The van der Waals surface area contributed by atoms with Gasteiger partial charge in [0.1, 0.15) is 0 Å². The van der Waals surface area contributed by atoms with Crippen molar-refractivity contribution in [3.8, 4) is 0 Å². The Hall–Kier alpha value is -1.05. The van der Waals surface area contributed by atoms with Crippen molar-refractivity contribution < 1.29 is 4.79 Å². The molecule has 1 fully saturated rings. The van der Waals surface area contributed by atoms with Gasteiger partial charge in [0, 0.05) is 19.2 Å². The number of fused-ring (bicyclic) bond motifs is 2. The van der Waals surface area contributed by atoms with Crippen LogP contribution in [-0.2, 0) is 4.79 Å². The molecule has 0 saturated heterocycles. The molecule has 0 aromatic rings. The molecule has 3 rings (SSSR count). The number of nitrogens with zero attached hydrogens (tertiary/aromatic N) is 1. The van der Waals surface area contributed by atoms with Gasteiger partial charge >= 0.3 is 0 Å². The van der Waals surface area contributed by atoms with Gasteiger partial charge in [-0.1, -0.05) is 26.3 Å². The van der Waals surface area contributed by atoms with Crippen molar-refractivity contribution in [2.24, 2.45) is 11.8 Å². The Morgan fingerprint density at radius 3 is 2.65 bits per heavy atom. The standard InChI is InChI=1S/C13H17NO.C2H6/c1-3-8-6-12-9(11-7-10(8)11)4-5-13(15)14(12)2;1-2/h6,10-11H,3-5,7H2,1-2H3;1-2H3. The summed E-state index contributed by atoms with van der Waals surface area (Å²) in [6.07, 6.45) is 6.47. The second-order valence-corrected chi connectivity index (χ2v) is 4.88. The van der Waals surface area contributed by atoms with Crippen LogP contribution in [0.25, 0.3) is 0 Å². The summed E-state index contributed by atoms with van der Waals surface area (Å²) in [5.41, 5.74) is 4.33. The zero-order chi connectivity index (χ0) is 12.6. The Morgan fingerprint density at radius 1 is 1.29 bits per heavy atom. The van der Waals surface area contributed by atoms with Gasteiger partial charge in [0.15, 0.2) is 0 Å². The summed E-state index contributed by atoms with van der Waals surface area (Å²) < 4.78 is 0. The number of rotatable bonds is 1. The molecular formula is C15H23NO. The van der Waals surface area contributed by atoms with E-state index in [4.69, 9.17) is 0 Å². The Labute approximate surface area is 104 Å². The maximum Gasteiger partial charge on any atom is 0.227 e. The Balaban J connectivity index is 0.000000514. The quantitative estimate of drug-likeness (QED) is 0.678. The SMILES string of the molecule is CC.CCC1=CC2=C(CCC(=O)N2C)C2CC12. The van der Waals surface area contributed by atoms with Crippen LogP contribution in [0.1, 0.15) is 46.5 Å². The highest BCUT2D eigenvalue weighted by Gasteiger charge is 2.46. The fraction of sp³-hybridized carbons (Fsp3) is 0.667. The van der Waals surface area contributed by atoms with Crippen LogP contribution < -0.4 is 0 Å². The first kappa shape index (κ1) is 12.4. The Morgan fingerprint density at radius 2 is 2.00 bits per heavy atom. The van der Waals surface area contributed by atoms with Crippen LogP contribution in [0.15, 0.2) is 22.9 Å². The van der Waals surface area contributed by atoms with Crippen LogP contribution in [0.3, 0.4) is 0 Å². The monoisotopic (exact) mass is 233 g/mol. The fourth-order valence-corrected chi connectivity index (χ4v) is 3.09. The molecule has 0 spiro atoms. The van der Waals surface area contributed by atoms with E-state index < -0.39 is 0 Å². The smallest absolute Gasteiger partial charge is 0.227 e. The minimum absolute atomic E-state index is 0.277. The molecule has 0 aromatic heterocycles. The predicted octanol–water partition coefficient (Wildman–Crippen LogP) is 3.51. The lowest BCUT2D eigenvalue weighted by Crippen LogP contribution is -2.31. The van der Waals surface area contributed by atoms with E-state index in [2.05, 4.69) is 13.0 Å². The van der Waals surface area contributed by atoms with Crippen LogP contribution in [0, 0.1) is 11.8 Å². The molecule has 2 heteroatoms. The van der Waals surface area contributed by atoms with Crippen LogP contribution >= 0.6 is 0 Å². The van der Waals surface area contributed by atoms with Crippen LogP contribution in [-0.4, -0.2) is 17.9 Å². The summed E-state index contributed by atoms with van der Waals surface area (Å²) in [5.74, 6) is 1.89. The first-order valence-electron chi connectivity index (χ1n) is 6.92. The molecule has 0 N–H and O–H groups in total. The summed E-state index contributed by atoms with van der Waals surface area (Å²) in [6, 6.07) is 0. The van der Waals surface area contributed by atoms with E-state index in [0.29, 0.717) is 6.42 Å². The number of likely N-dealkylation sites (N-methyl/N-ethyl adjacent to an activating group) is 1. The average molecular weight is 233 g/mol. The van der Waals surface area contributed by atoms with Gasteiger partial charge in [0.2, 0.25) is 5.91 Å². The largest absolute Gasteiger partial charge is 0.316 e. The zero-order valence-electron chi connectivity index (χ0n) is 11.4. The lowest BCUT2D eigenvalue weighted by Gasteiger charge is -2.30. The third-order valence-electron chi connectivity index (χ3n) is 4.12. The number of hydrogen-bond donors (Lipinski definition) is 0. The first-order valence-corrected chi connectivity index (χ1v) is 6.92. The molecule has 1 saturated carbocycles. The van der Waals surface area contributed by atoms with Crippen molar-refractivity contribution in [1.29, 1.82) is 0 Å². The summed E-state index contributed by atoms with van der Waals surface area (Å²) in [6.45, 7) is 6.22. The maximum absolute atomic E-state index is 11.6. The van der Waals surface area contributed by atoms with Gasteiger partial charge in [-0.2, -0.15) is 0 Å². The normalized spacial score (nSPS) is 30.0. The van der Waals surface area contributed by atoms with E-state index >= 15 is 0 Å². The molecule has 0 bridgehead atoms. The van der Waals surface area contributed by atoms with Crippen molar-refractivity contribution >= 4 is 5.91 Å². The lowest BCUT2D eigenvalue weighted by molar-refractivity contribution is -0.128. The summed E-state index contributed by atoms with van der Waals surface area (Å²) in [4.78, 5) is 13.5. The number of hydrogen-bond acceptors (Lipinski definition) is 1. The second kappa shape index (κ2) is 4.67. The number of allylic oxidation sites excluding steroid dienone is 3. The number of carbonyl (C=O) groups excluding carboxylic acids is 1. The molecule has 2 atom stereocenters. The van der Waals surface area contributed by atoms with Crippen molar-refractivity contribution in [2.45, 2.75) is 46.5 Å². The van der Waals surface area contributed by atoms with Gasteiger partial charge in [-0.05, 0) is 42.7 Å². The molecule has 0 aromatic carbocycles. The minimum atomic E-state index is 0.277. The number of carbonyl (C=O) groups is 1. The zero-order valence-corrected chi connectivity index (χ0v) is 11.4. The third-order valence-corrected chi connectivity index (χ3v) is 4.12. The van der Waals surface area contributed by atoms with Gasteiger partial charge in [0.05, 0.1) is 0 Å². The molecule has 2 nitrogen and oxygen atoms in total. The van der Waals surface area contributed by atoms with E-state index in [0.717, 1.165) is 24.7 Å². The molecule has 1 aliphatic heterocycles. The van der Waals surface area contributed by atoms with Gasteiger partial charge < -0.3 is 4.90 Å². The molecule has 1 heterocycles. The maximum atomic E-state index is 11.6. The highest BCUT2D eigenvalue weighted by molar-refractivity contribution is 5.81. The molecule has 0 radical (unpaired) electrons. The minimum Gasteiger partial charge on any atom is -0.316 e. The molecule has 2 unspecified atom stereocenters. The van der Waals surface area contributed by atoms with Gasteiger partial charge in [-0.3, -0.25) is 4.79 Å². The third kappa shape index (κ3) is 1.94. The number of amides is 1. The van der Waals surface area contributed by atoms with E-state index in [1.807, 2.05) is 25.8 Å². The lowest BCUT2D eigenvalue weighted by atomic mass is 9.89. The predicted molar refractivity (Wildman–Crippen MR) is 70.3 cm³/mol. The summed E-state index contributed by atoms with van der Waals surface area (Å²) >= 11 is 0. The van der Waals surface area contributed by atoms with Crippen LogP contribution in [0.5, 0.6) is 0 Å². The first-order chi connectivity index (χ1) is 8.22. The van der Waals surface area contributed by atoms with Crippen molar-refractivity contribution in [1.82, 2.24) is 4.90 Å². The van der Waals surface area contributed by atoms with Crippen molar-refractivity contribution in [3.05, 3.63) is 22.9 Å². The Kier molecular flexibility index (Phi) is 3.41.